The first-order valence-electron chi connectivity index (χ1n) is 8.47. The molecule has 2 aromatic rings. The van der Waals surface area contributed by atoms with Crippen LogP contribution in [0.5, 0.6) is 34.5 Å². The molecule has 146 valence electrons. The van der Waals surface area contributed by atoms with Gasteiger partial charge in [0.1, 0.15) is 23.4 Å². The first kappa shape index (κ1) is 19.0. The van der Waals surface area contributed by atoms with Gasteiger partial charge >= 0.3 is 0 Å². The Kier molecular flexibility index (Phi) is 5.51. The van der Waals surface area contributed by atoms with Crippen molar-refractivity contribution in [2.24, 2.45) is 0 Å². The quantitative estimate of drug-likeness (QED) is 0.829. The highest BCUT2D eigenvalue weighted by atomic mass is 16.5. The molecule has 0 bridgehead atoms. The van der Waals surface area contributed by atoms with Gasteiger partial charge in [-0.05, 0) is 12.1 Å². The predicted octanol–water partition coefficient (Wildman–Crippen LogP) is 3.29. The van der Waals surface area contributed by atoms with Crippen LogP contribution >= 0.6 is 0 Å². The first-order valence-corrected chi connectivity index (χ1v) is 8.47. The summed E-state index contributed by atoms with van der Waals surface area (Å²) in [4.78, 5) is 0. The molecular weight excluding hydrogens is 352 g/mol. The lowest BCUT2D eigenvalue weighted by atomic mass is 9.93. The van der Waals surface area contributed by atoms with Gasteiger partial charge in [0.05, 0.1) is 47.2 Å². The van der Waals surface area contributed by atoms with Crippen LogP contribution in [0.15, 0.2) is 24.3 Å². The molecule has 0 saturated carbocycles. The highest BCUT2D eigenvalue weighted by molar-refractivity contribution is 5.58. The molecule has 1 aliphatic heterocycles. The molecule has 0 saturated heterocycles. The molecule has 1 heterocycles. The van der Waals surface area contributed by atoms with Crippen LogP contribution in [0.25, 0.3) is 0 Å². The maximum atomic E-state index is 10.8. The molecule has 0 unspecified atom stereocenters. The summed E-state index contributed by atoms with van der Waals surface area (Å²) in [5.41, 5.74) is 1.36. The van der Waals surface area contributed by atoms with Crippen molar-refractivity contribution in [2.45, 2.75) is 18.6 Å². The Labute approximate surface area is 158 Å². The summed E-state index contributed by atoms with van der Waals surface area (Å²) in [5, 5.41) is 10.8. The van der Waals surface area contributed by atoms with E-state index in [0.717, 1.165) is 5.56 Å². The first-order chi connectivity index (χ1) is 13.1. The number of hydrogen-bond donors (Lipinski definition) is 1. The van der Waals surface area contributed by atoms with Gasteiger partial charge in [0, 0.05) is 24.1 Å². The molecule has 7 heteroatoms. The van der Waals surface area contributed by atoms with Crippen molar-refractivity contribution >= 4 is 0 Å². The number of benzene rings is 2. The predicted molar refractivity (Wildman–Crippen MR) is 98.6 cm³/mol. The average molecular weight is 376 g/mol. The summed E-state index contributed by atoms with van der Waals surface area (Å²) >= 11 is 0. The molecule has 2 aromatic carbocycles. The number of rotatable bonds is 6. The number of aliphatic hydroxyl groups excluding tert-OH is 1. The van der Waals surface area contributed by atoms with Crippen LogP contribution in [-0.2, 0) is 0 Å². The summed E-state index contributed by atoms with van der Waals surface area (Å²) in [5.74, 6) is 3.15. The van der Waals surface area contributed by atoms with Gasteiger partial charge in [0.25, 0.3) is 0 Å². The topological polar surface area (TPSA) is 75.6 Å². The molecule has 3 rings (SSSR count). The van der Waals surface area contributed by atoms with Crippen LogP contribution in [0.1, 0.15) is 29.8 Å². The smallest absolute Gasteiger partial charge is 0.203 e. The van der Waals surface area contributed by atoms with Crippen molar-refractivity contribution in [1.82, 2.24) is 0 Å². The van der Waals surface area contributed by atoms with E-state index in [1.807, 2.05) is 6.07 Å². The minimum atomic E-state index is -0.766. The van der Waals surface area contributed by atoms with Gasteiger partial charge in [-0.1, -0.05) is 0 Å². The van der Waals surface area contributed by atoms with Gasteiger partial charge in [-0.3, -0.25) is 0 Å². The molecule has 0 aromatic heterocycles. The van der Waals surface area contributed by atoms with E-state index < -0.39 is 12.2 Å². The van der Waals surface area contributed by atoms with Crippen LogP contribution in [0.4, 0.5) is 0 Å². The van der Waals surface area contributed by atoms with E-state index >= 15 is 0 Å². The molecule has 7 nitrogen and oxygen atoms in total. The van der Waals surface area contributed by atoms with Crippen molar-refractivity contribution in [1.29, 1.82) is 0 Å². The van der Waals surface area contributed by atoms with E-state index in [-0.39, 0.29) is 0 Å². The molecule has 1 N–H and O–H groups in total. The molecule has 0 spiro atoms. The summed E-state index contributed by atoms with van der Waals surface area (Å²) < 4.78 is 33.2. The van der Waals surface area contributed by atoms with Gasteiger partial charge in [0.15, 0.2) is 11.5 Å². The van der Waals surface area contributed by atoms with Gasteiger partial charge in [-0.25, -0.2) is 0 Å². The highest BCUT2D eigenvalue weighted by Crippen LogP contribution is 2.50. The SMILES string of the molecule is COc1cc(OC)c2c(c1)O[C@H](c1ccc(OC)c(OC)c1OC)C[C@@H]2O. The van der Waals surface area contributed by atoms with Crippen LogP contribution in [-0.4, -0.2) is 40.7 Å². The third-order valence-corrected chi connectivity index (χ3v) is 4.65. The highest BCUT2D eigenvalue weighted by Gasteiger charge is 2.34. The molecule has 2 atom stereocenters. The van der Waals surface area contributed by atoms with Crippen LogP contribution < -0.4 is 28.4 Å². The minimum absolute atomic E-state index is 0.335. The second-order valence-corrected chi connectivity index (χ2v) is 6.02. The Balaban J connectivity index is 2.07. The Bertz CT molecular complexity index is 818. The zero-order valence-corrected chi connectivity index (χ0v) is 16.1. The monoisotopic (exact) mass is 376 g/mol. The van der Waals surface area contributed by atoms with Gasteiger partial charge < -0.3 is 33.5 Å². The summed E-state index contributed by atoms with van der Waals surface area (Å²) in [7, 11) is 7.78. The number of ether oxygens (including phenoxy) is 6. The fourth-order valence-corrected chi connectivity index (χ4v) is 3.38. The van der Waals surface area contributed by atoms with Gasteiger partial charge in [-0.2, -0.15) is 0 Å². The average Bonchev–Trinajstić information content (AvgIpc) is 2.70. The van der Waals surface area contributed by atoms with Crippen molar-refractivity contribution in [3.8, 4) is 34.5 Å². The zero-order chi connectivity index (χ0) is 19.6. The van der Waals surface area contributed by atoms with Gasteiger partial charge in [0.2, 0.25) is 5.75 Å². The Morgan fingerprint density at radius 1 is 0.852 bits per heavy atom. The third kappa shape index (κ3) is 3.30. The maximum Gasteiger partial charge on any atom is 0.203 e. The second kappa shape index (κ2) is 7.84. The lowest BCUT2D eigenvalue weighted by molar-refractivity contribution is 0.0616. The summed E-state index contributed by atoms with van der Waals surface area (Å²) in [6, 6.07) is 7.09. The van der Waals surface area contributed by atoms with E-state index in [4.69, 9.17) is 28.4 Å². The van der Waals surface area contributed by atoms with Crippen molar-refractivity contribution < 1.29 is 33.5 Å². The molecule has 0 radical (unpaired) electrons. The molecule has 1 aliphatic rings. The molecule has 0 fully saturated rings. The van der Waals surface area contributed by atoms with E-state index in [1.165, 1.54) is 0 Å². The molecule has 27 heavy (non-hydrogen) atoms. The maximum absolute atomic E-state index is 10.8. The zero-order valence-electron chi connectivity index (χ0n) is 16.1. The number of fused-ring (bicyclic) bond motifs is 1. The normalized spacial score (nSPS) is 18.1. The third-order valence-electron chi connectivity index (χ3n) is 4.65. The Morgan fingerprint density at radius 3 is 2.15 bits per heavy atom. The fraction of sp³-hybridized carbons (Fsp3) is 0.400. The van der Waals surface area contributed by atoms with Gasteiger partial charge in [-0.15, -0.1) is 0 Å². The lowest BCUT2D eigenvalue weighted by Crippen LogP contribution is -2.20. The van der Waals surface area contributed by atoms with E-state index in [0.29, 0.717) is 46.5 Å². The standard InChI is InChI=1S/C20H24O7/c1-22-11-8-16(24-3)18-13(21)10-15(27-17(18)9-11)12-6-7-14(23-2)20(26-5)19(12)25-4/h6-9,13,15,21H,10H2,1-5H3/t13-,15-/m0/s1. The number of hydrogen-bond acceptors (Lipinski definition) is 7. The Morgan fingerprint density at radius 2 is 1.56 bits per heavy atom. The number of aliphatic hydroxyl groups is 1. The lowest BCUT2D eigenvalue weighted by Gasteiger charge is -2.32. The molecular formula is C20H24O7. The largest absolute Gasteiger partial charge is 0.496 e. The number of methoxy groups -OCH3 is 5. The molecule has 0 aliphatic carbocycles. The summed E-state index contributed by atoms with van der Waals surface area (Å²) in [6.45, 7) is 0. The Hall–Kier alpha value is -2.80. The fourth-order valence-electron chi connectivity index (χ4n) is 3.38. The van der Waals surface area contributed by atoms with E-state index in [9.17, 15) is 5.11 Å². The second-order valence-electron chi connectivity index (χ2n) is 6.02. The van der Waals surface area contributed by atoms with Crippen LogP contribution in [0, 0.1) is 0 Å². The van der Waals surface area contributed by atoms with Crippen LogP contribution in [0.2, 0.25) is 0 Å². The van der Waals surface area contributed by atoms with Crippen molar-refractivity contribution in [3.05, 3.63) is 35.4 Å². The molecule has 0 amide bonds. The van der Waals surface area contributed by atoms with E-state index in [2.05, 4.69) is 0 Å². The van der Waals surface area contributed by atoms with Crippen molar-refractivity contribution in [2.75, 3.05) is 35.5 Å². The minimum Gasteiger partial charge on any atom is -0.496 e. The van der Waals surface area contributed by atoms with Crippen LogP contribution in [0.3, 0.4) is 0 Å². The summed E-state index contributed by atoms with van der Waals surface area (Å²) in [6.07, 6.45) is -0.877. The van der Waals surface area contributed by atoms with E-state index in [1.54, 1.807) is 53.7 Å². The van der Waals surface area contributed by atoms with Crippen molar-refractivity contribution in [3.63, 3.8) is 0 Å².